The Morgan fingerprint density at radius 3 is 2.95 bits per heavy atom. The average Bonchev–Trinajstić information content (AvgIpc) is 2.55. The topological polar surface area (TPSA) is 53.9 Å². The monoisotopic (exact) mass is 279 g/mol. The van der Waals surface area contributed by atoms with Crippen LogP contribution in [0.2, 0.25) is 0 Å². The molecule has 3 heterocycles. The average molecular weight is 279 g/mol. The standard InChI is InChI=1S/C16H17N5/c1-11-8-17-6-7-21(11)16-19-10-12-9-18-14-5-3-2-4-13(14)15(12)20-16/h2-5,9-11,17H,6-8H2,1H3/t11-/m0/s1. The van der Waals surface area contributed by atoms with Crippen molar-refractivity contribution in [2.24, 2.45) is 0 Å². The number of hydrogen-bond donors (Lipinski definition) is 1. The van der Waals surface area contributed by atoms with E-state index in [-0.39, 0.29) is 0 Å². The zero-order valence-corrected chi connectivity index (χ0v) is 12.0. The van der Waals surface area contributed by atoms with E-state index >= 15 is 0 Å². The lowest BCUT2D eigenvalue weighted by atomic mass is 10.1. The molecule has 0 bridgehead atoms. The summed E-state index contributed by atoms with van der Waals surface area (Å²) in [5, 5.41) is 5.46. The van der Waals surface area contributed by atoms with Gasteiger partial charge in [-0.25, -0.2) is 9.97 Å². The molecule has 1 aliphatic rings. The highest BCUT2D eigenvalue weighted by Gasteiger charge is 2.20. The van der Waals surface area contributed by atoms with Gasteiger partial charge in [-0.2, -0.15) is 0 Å². The molecule has 4 rings (SSSR count). The Morgan fingerprint density at radius 1 is 1.19 bits per heavy atom. The number of fused-ring (bicyclic) bond motifs is 3. The van der Waals surface area contributed by atoms with E-state index in [9.17, 15) is 0 Å². The van der Waals surface area contributed by atoms with E-state index in [1.54, 1.807) is 0 Å². The Bertz CT molecular complexity index is 801. The maximum Gasteiger partial charge on any atom is 0.226 e. The van der Waals surface area contributed by atoms with Gasteiger partial charge in [0.05, 0.1) is 11.0 Å². The summed E-state index contributed by atoms with van der Waals surface area (Å²) in [6.45, 7) is 5.08. The van der Waals surface area contributed by atoms with Gasteiger partial charge in [-0.3, -0.25) is 4.98 Å². The number of nitrogens with one attached hydrogen (secondary N) is 1. The highest BCUT2D eigenvalue weighted by molar-refractivity contribution is 6.02. The van der Waals surface area contributed by atoms with Crippen LogP contribution in [0.3, 0.4) is 0 Å². The summed E-state index contributed by atoms with van der Waals surface area (Å²) in [4.78, 5) is 16.1. The number of piperazine rings is 1. The highest BCUT2D eigenvalue weighted by Crippen LogP contribution is 2.23. The Balaban J connectivity index is 1.90. The van der Waals surface area contributed by atoms with Gasteiger partial charge < -0.3 is 10.2 Å². The minimum atomic E-state index is 0.407. The molecule has 21 heavy (non-hydrogen) atoms. The number of hydrogen-bond acceptors (Lipinski definition) is 5. The van der Waals surface area contributed by atoms with Crippen LogP contribution in [-0.4, -0.2) is 40.6 Å². The third kappa shape index (κ3) is 2.10. The second kappa shape index (κ2) is 4.93. The number of rotatable bonds is 1. The van der Waals surface area contributed by atoms with Crippen LogP contribution < -0.4 is 10.2 Å². The van der Waals surface area contributed by atoms with Crippen LogP contribution >= 0.6 is 0 Å². The van der Waals surface area contributed by atoms with Gasteiger partial charge in [-0.05, 0) is 13.0 Å². The fourth-order valence-corrected chi connectivity index (χ4v) is 2.89. The van der Waals surface area contributed by atoms with Gasteiger partial charge in [0, 0.05) is 48.8 Å². The van der Waals surface area contributed by atoms with Gasteiger partial charge in [0.15, 0.2) is 0 Å². The molecule has 0 unspecified atom stereocenters. The van der Waals surface area contributed by atoms with Crippen LogP contribution in [0.4, 0.5) is 5.95 Å². The zero-order chi connectivity index (χ0) is 14.2. The molecule has 1 aromatic carbocycles. The number of benzene rings is 1. The van der Waals surface area contributed by atoms with Crippen molar-refractivity contribution in [2.45, 2.75) is 13.0 Å². The molecule has 5 nitrogen and oxygen atoms in total. The molecular weight excluding hydrogens is 262 g/mol. The molecule has 1 N–H and O–H groups in total. The van der Waals surface area contributed by atoms with Crippen molar-refractivity contribution >= 4 is 27.8 Å². The molecule has 1 atom stereocenters. The van der Waals surface area contributed by atoms with Crippen LogP contribution in [0.5, 0.6) is 0 Å². The second-order valence-electron chi connectivity index (χ2n) is 5.50. The molecule has 0 radical (unpaired) electrons. The normalized spacial score (nSPS) is 19.3. The SMILES string of the molecule is C[C@H]1CNCCN1c1ncc2cnc3ccccc3c2n1. The number of aromatic nitrogens is 3. The number of para-hydroxylation sites is 1. The van der Waals surface area contributed by atoms with Gasteiger partial charge >= 0.3 is 0 Å². The largest absolute Gasteiger partial charge is 0.336 e. The predicted octanol–water partition coefficient (Wildman–Crippen LogP) is 1.98. The molecule has 0 spiro atoms. The Labute approximate surface area is 123 Å². The lowest BCUT2D eigenvalue weighted by Crippen LogP contribution is -2.50. The first kappa shape index (κ1) is 12.5. The highest BCUT2D eigenvalue weighted by atomic mass is 15.3. The lowest BCUT2D eigenvalue weighted by molar-refractivity contribution is 0.493. The van der Waals surface area contributed by atoms with Crippen LogP contribution in [0, 0.1) is 0 Å². The van der Waals surface area contributed by atoms with Gasteiger partial charge in [-0.15, -0.1) is 0 Å². The minimum Gasteiger partial charge on any atom is -0.336 e. The maximum absolute atomic E-state index is 4.82. The Hall–Kier alpha value is -2.27. The zero-order valence-electron chi connectivity index (χ0n) is 12.0. The summed E-state index contributed by atoms with van der Waals surface area (Å²) in [6.07, 6.45) is 3.73. The first-order valence-corrected chi connectivity index (χ1v) is 7.31. The van der Waals surface area contributed by atoms with Crippen molar-refractivity contribution in [3.8, 4) is 0 Å². The lowest BCUT2D eigenvalue weighted by Gasteiger charge is -2.33. The molecule has 2 aromatic heterocycles. The summed E-state index contributed by atoms with van der Waals surface area (Å²) < 4.78 is 0. The predicted molar refractivity (Wildman–Crippen MR) is 84.5 cm³/mol. The van der Waals surface area contributed by atoms with E-state index in [4.69, 9.17) is 4.98 Å². The summed E-state index contributed by atoms with van der Waals surface area (Å²) in [5.41, 5.74) is 1.96. The number of nitrogens with zero attached hydrogens (tertiary/aromatic N) is 4. The molecule has 1 aliphatic heterocycles. The minimum absolute atomic E-state index is 0.407. The third-order valence-electron chi connectivity index (χ3n) is 4.06. The van der Waals surface area contributed by atoms with Gasteiger partial charge in [0.2, 0.25) is 5.95 Å². The first-order valence-electron chi connectivity index (χ1n) is 7.31. The van der Waals surface area contributed by atoms with E-state index in [2.05, 4.69) is 33.2 Å². The summed E-state index contributed by atoms with van der Waals surface area (Å²) in [5.74, 6) is 0.813. The maximum atomic E-state index is 4.82. The molecule has 3 aromatic rings. The van der Waals surface area contributed by atoms with E-state index in [0.717, 1.165) is 47.4 Å². The van der Waals surface area contributed by atoms with Crippen molar-refractivity contribution in [1.29, 1.82) is 0 Å². The number of pyridine rings is 1. The summed E-state index contributed by atoms with van der Waals surface area (Å²) in [6, 6.07) is 8.52. The molecule has 0 aliphatic carbocycles. The van der Waals surface area contributed by atoms with Crippen LogP contribution in [-0.2, 0) is 0 Å². The Kier molecular flexibility index (Phi) is 2.93. The smallest absolute Gasteiger partial charge is 0.226 e. The third-order valence-corrected chi connectivity index (χ3v) is 4.06. The van der Waals surface area contributed by atoms with Crippen molar-refractivity contribution in [2.75, 3.05) is 24.5 Å². The van der Waals surface area contributed by atoms with Crippen molar-refractivity contribution in [3.05, 3.63) is 36.7 Å². The van der Waals surface area contributed by atoms with E-state index in [1.165, 1.54) is 0 Å². The van der Waals surface area contributed by atoms with Crippen molar-refractivity contribution < 1.29 is 0 Å². The fourth-order valence-electron chi connectivity index (χ4n) is 2.89. The molecular formula is C16H17N5. The van der Waals surface area contributed by atoms with Gasteiger partial charge in [-0.1, -0.05) is 18.2 Å². The molecule has 1 saturated heterocycles. The fraction of sp³-hybridized carbons (Fsp3) is 0.312. The Morgan fingerprint density at radius 2 is 2.05 bits per heavy atom. The first-order chi connectivity index (χ1) is 10.3. The molecule has 0 amide bonds. The quantitative estimate of drug-likeness (QED) is 0.690. The number of anilines is 1. The molecule has 106 valence electrons. The van der Waals surface area contributed by atoms with E-state index < -0.39 is 0 Å². The van der Waals surface area contributed by atoms with Gasteiger partial charge in [0.1, 0.15) is 0 Å². The van der Waals surface area contributed by atoms with E-state index in [1.807, 2.05) is 30.6 Å². The molecule has 0 saturated carbocycles. The van der Waals surface area contributed by atoms with Crippen LogP contribution in [0.25, 0.3) is 21.8 Å². The molecule has 1 fully saturated rings. The molecule has 5 heteroatoms. The second-order valence-corrected chi connectivity index (χ2v) is 5.50. The van der Waals surface area contributed by atoms with Gasteiger partial charge in [0.25, 0.3) is 0 Å². The van der Waals surface area contributed by atoms with E-state index in [0.29, 0.717) is 6.04 Å². The summed E-state index contributed by atoms with van der Waals surface area (Å²) >= 11 is 0. The summed E-state index contributed by atoms with van der Waals surface area (Å²) in [7, 11) is 0. The van der Waals surface area contributed by atoms with Crippen LogP contribution in [0.1, 0.15) is 6.92 Å². The van der Waals surface area contributed by atoms with Crippen LogP contribution in [0.15, 0.2) is 36.7 Å². The van der Waals surface area contributed by atoms with Crippen molar-refractivity contribution in [1.82, 2.24) is 20.3 Å². The van der Waals surface area contributed by atoms with Crippen molar-refractivity contribution in [3.63, 3.8) is 0 Å².